The Labute approximate surface area is 161 Å². The Kier molecular flexibility index (Phi) is 6.32. The lowest BCUT2D eigenvalue weighted by atomic mass is 9.72. The molecular formula is C18H24ClFN2O5. The maximum Gasteiger partial charge on any atom is 0.407 e. The summed E-state index contributed by atoms with van der Waals surface area (Å²) in [5.74, 6) is -2.17. The number of hydrogen-bond acceptors (Lipinski definition) is 4. The van der Waals surface area contributed by atoms with Gasteiger partial charge >= 0.3 is 12.1 Å². The summed E-state index contributed by atoms with van der Waals surface area (Å²) in [6.45, 7) is 5.10. The van der Waals surface area contributed by atoms with Crippen molar-refractivity contribution in [2.24, 2.45) is 11.3 Å². The number of pyridine rings is 1. The summed E-state index contributed by atoms with van der Waals surface area (Å²) in [7, 11) is 0. The highest BCUT2D eigenvalue weighted by molar-refractivity contribution is 6.29. The number of aliphatic hydroxyl groups is 1. The second-order valence-electron chi connectivity index (χ2n) is 7.53. The fourth-order valence-corrected chi connectivity index (χ4v) is 3.85. The summed E-state index contributed by atoms with van der Waals surface area (Å²) in [5.41, 5.74) is -1.50. The van der Waals surface area contributed by atoms with Crippen molar-refractivity contribution in [3.05, 3.63) is 28.3 Å². The normalized spacial score (nSPS) is 24.1. The van der Waals surface area contributed by atoms with E-state index in [0.29, 0.717) is 0 Å². The number of halogens is 2. The molecule has 1 fully saturated rings. The van der Waals surface area contributed by atoms with Crippen LogP contribution >= 0.6 is 11.6 Å². The van der Waals surface area contributed by atoms with Crippen molar-refractivity contribution in [3.8, 4) is 0 Å². The SMILES string of the molecule is CC(C)C(O)c1cc(Cl)nc(CC2(C(=O)O)CCN(C(=O)O)C(C)C2)c1F. The first kappa shape index (κ1) is 21.4. The zero-order chi connectivity index (χ0) is 20.5. The molecule has 1 aliphatic heterocycles. The van der Waals surface area contributed by atoms with Gasteiger partial charge in [0.15, 0.2) is 5.82 Å². The summed E-state index contributed by atoms with van der Waals surface area (Å²) < 4.78 is 15.0. The number of carbonyl (C=O) groups is 2. The van der Waals surface area contributed by atoms with Gasteiger partial charge in [0, 0.05) is 24.6 Å². The number of piperidine rings is 1. The Hall–Kier alpha value is -1.93. The maximum absolute atomic E-state index is 15.0. The predicted octanol–water partition coefficient (Wildman–Crippen LogP) is 3.34. The lowest BCUT2D eigenvalue weighted by Gasteiger charge is -2.42. The van der Waals surface area contributed by atoms with Crippen molar-refractivity contribution in [1.29, 1.82) is 0 Å². The number of hydrogen-bond donors (Lipinski definition) is 3. The summed E-state index contributed by atoms with van der Waals surface area (Å²) in [5, 5.41) is 29.2. The third kappa shape index (κ3) is 4.32. The summed E-state index contributed by atoms with van der Waals surface area (Å²) in [6, 6.07) is 0.712. The molecule has 2 rings (SSSR count). The molecule has 1 amide bonds. The van der Waals surface area contributed by atoms with Gasteiger partial charge in [-0.2, -0.15) is 0 Å². The molecule has 3 N–H and O–H groups in total. The molecule has 7 nitrogen and oxygen atoms in total. The number of likely N-dealkylation sites (tertiary alicyclic amines) is 1. The molecule has 150 valence electrons. The van der Waals surface area contributed by atoms with Crippen LogP contribution in [0, 0.1) is 17.2 Å². The molecule has 0 saturated carbocycles. The van der Waals surface area contributed by atoms with Crippen LogP contribution in [0.15, 0.2) is 6.07 Å². The van der Waals surface area contributed by atoms with Gasteiger partial charge in [0.25, 0.3) is 0 Å². The third-order valence-corrected chi connectivity index (χ3v) is 5.42. The van der Waals surface area contributed by atoms with E-state index in [1.165, 1.54) is 11.0 Å². The highest BCUT2D eigenvalue weighted by Crippen LogP contribution is 2.40. The van der Waals surface area contributed by atoms with Crippen molar-refractivity contribution in [2.45, 2.75) is 52.2 Å². The Balaban J connectivity index is 2.41. The van der Waals surface area contributed by atoms with Gasteiger partial charge < -0.3 is 20.2 Å². The van der Waals surface area contributed by atoms with Crippen molar-refractivity contribution in [3.63, 3.8) is 0 Å². The minimum Gasteiger partial charge on any atom is -0.481 e. The molecule has 3 atom stereocenters. The Morgan fingerprint density at radius 1 is 1.44 bits per heavy atom. The van der Waals surface area contributed by atoms with Gasteiger partial charge in [-0.25, -0.2) is 14.2 Å². The monoisotopic (exact) mass is 402 g/mol. The Morgan fingerprint density at radius 2 is 2.07 bits per heavy atom. The largest absolute Gasteiger partial charge is 0.481 e. The zero-order valence-corrected chi connectivity index (χ0v) is 16.2. The first-order chi connectivity index (χ1) is 12.5. The van der Waals surface area contributed by atoms with E-state index in [1.807, 2.05) is 0 Å². The lowest BCUT2D eigenvalue weighted by molar-refractivity contribution is -0.153. The molecule has 2 heterocycles. The molecule has 27 heavy (non-hydrogen) atoms. The second kappa shape index (κ2) is 7.98. The van der Waals surface area contributed by atoms with E-state index >= 15 is 0 Å². The molecule has 1 aromatic rings. The van der Waals surface area contributed by atoms with Crippen LogP contribution in [0.25, 0.3) is 0 Å². The second-order valence-corrected chi connectivity index (χ2v) is 7.91. The van der Waals surface area contributed by atoms with E-state index in [2.05, 4.69) is 4.98 Å². The van der Waals surface area contributed by atoms with Gasteiger partial charge in [-0.1, -0.05) is 25.4 Å². The minimum absolute atomic E-state index is 0.0171. The third-order valence-electron chi connectivity index (χ3n) is 5.23. The van der Waals surface area contributed by atoms with Gasteiger partial charge in [-0.15, -0.1) is 0 Å². The van der Waals surface area contributed by atoms with Crippen molar-refractivity contribution >= 4 is 23.7 Å². The molecule has 0 radical (unpaired) electrons. The number of aliphatic carboxylic acids is 1. The van der Waals surface area contributed by atoms with Crippen LogP contribution in [0.1, 0.15) is 51.0 Å². The number of carboxylic acid groups (broad SMARTS) is 2. The number of aliphatic hydroxyl groups excluding tert-OH is 1. The predicted molar refractivity (Wildman–Crippen MR) is 96.2 cm³/mol. The van der Waals surface area contributed by atoms with E-state index < -0.39 is 35.4 Å². The van der Waals surface area contributed by atoms with Crippen LogP contribution in [0.3, 0.4) is 0 Å². The fourth-order valence-electron chi connectivity index (χ4n) is 3.63. The Bertz CT molecular complexity index is 745. The van der Waals surface area contributed by atoms with E-state index in [0.717, 1.165) is 0 Å². The molecule has 1 aliphatic rings. The van der Waals surface area contributed by atoms with Crippen LogP contribution in [0.4, 0.5) is 9.18 Å². The molecule has 9 heteroatoms. The summed E-state index contributed by atoms with van der Waals surface area (Å²) in [6.07, 6.45) is -2.38. The average molecular weight is 403 g/mol. The van der Waals surface area contributed by atoms with Crippen molar-refractivity contribution in [1.82, 2.24) is 9.88 Å². The van der Waals surface area contributed by atoms with Crippen molar-refractivity contribution in [2.75, 3.05) is 6.54 Å². The molecule has 3 unspecified atom stereocenters. The van der Waals surface area contributed by atoms with E-state index in [4.69, 9.17) is 11.6 Å². The highest BCUT2D eigenvalue weighted by atomic mass is 35.5. The average Bonchev–Trinajstić information content (AvgIpc) is 2.56. The van der Waals surface area contributed by atoms with Crippen LogP contribution in [0.5, 0.6) is 0 Å². The first-order valence-electron chi connectivity index (χ1n) is 8.74. The number of carboxylic acids is 1. The number of aromatic nitrogens is 1. The molecule has 1 saturated heterocycles. The van der Waals surface area contributed by atoms with Gasteiger partial charge in [0.1, 0.15) is 5.15 Å². The summed E-state index contributed by atoms with van der Waals surface area (Å²) in [4.78, 5) is 28.4. The van der Waals surface area contributed by atoms with Gasteiger partial charge in [0.05, 0.1) is 17.2 Å². The number of nitrogens with zero attached hydrogens (tertiary/aromatic N) is 2. The van der Waals surface area contributed by atoms with E-state index in [-0.39, 0.29) is 48.1 Å². The van der Waals surface area contributed by atoms with Gasteiger partial charge in [0.2, 0.25) is 0 Å². The molecule has 0 spiro atoms. The zero-order valence-electron chi connectivity index (χ0n) is 15.4. The standard InChI is InChI=1S/C18H24ClFN2O5/c1-9(2)15(23)11-6-13(19)21-12(14(11)20)8-18(16(24)25)4-5-22(17(26)27)10(3)7-18/h6,9-10,15,23H,4-5,7-8H2,1-3H3,(H,24,25)(H,26,27). The molecule has 0 aromatic carbocycles. The topological polar surface area (TPSA) is 111 Å². The van der Waals surface area contributed by atoms with Gasteiger partial charge in [-0.3, -0.25) is 4.79 Å². The first-order valence-corrected chi connectivity index (χ1v) is 9.12. The van der Waals surface area contributed by atoms with E-state index in [1.54, 1.807) is 20.8 Å². The highest BCUT2D eigenvalue weighted by Gasteiger charge is 2.46. The van der Waals surface area contributed by atoms with Crippen LogP contribution in [-0.2, 0) is 11.2 Å². The molecule has 0 aliphatic carbocycles. The Morgan fingerprint density at radius 3 is 2.56 bits per heavy atom. The lowest BCUT2D eigenvalue weighted by Crippen LogP contribution is -2.51. The molecular weight excluding hydrogens is 379 g/mol. The van der Waals surface area contributed by atoms with Crippen LogP contribution in [0.2, 0.25) is 5.15 Å². The van der Waals surface area contributed by atoms with Crippen LogP contribution < -0.4 is 0 Å². The molecule has 0 bridgehead atoms. The fraction of sp³-hybridized carbons (Fsp3) is 0.611. The number of amides is 1. The number of rotatable bonds is 5. The minimum atomic E-state index is -1.36. The van der Waals surface area contributed by atoms with Crippen LogP contribution in [-0.4, -0.2) is 49.9 Å². The quantitative estimate of drug-likeness (QED) is 0.651. The van der Waals surface area contributed by atoms with Crippen molar-refractivity contribution < 1.29 is 29.3 Å². The summed E-state index contributed by atoms with van der Waals surface area (Å²) >= 11 is 5.98. The van der Waals surface area contributed by atoms with E-state index in [9.17, 15) is 29.3 Å². The van der Waals surface area contributed by atoms with Gasteiger partial charge in [-0.05, 0) is 31.7 Å². The molecule has 1 aromatic heterocycles. The maximum atomic E-state index is 15.0. The smallest absolute Gasteiger partial charge is 0.407 e.